The van der Waals surface area contributed by atoms with Crippen molar-refractivity contribution in [2.45, 2.75) is 23.8 Å². The Kier molecular flexibility index (Phi) is 4.57. The van der Waals surface area contributed by atoms with Gasteiger partial charge < -0.3 is 10.8 Å². The minimum Gasteiger partial charge on any atom is -0.389 e. The van der Waals surface area contributed by atoms with Gasteiger partial charge >= 0.3 is 0 Å². The van der Waals surface area contributed by atoms with Gasteiger partial charge in [-0.2, -0.15) is 0 Å². The summed E-state index contributed by atoms with van der Waals surface area (Å²) in [6.07, 6.45) is 0.602. The summed E-state index contributed by atoms with van der Waals surface area (Å²) in [6.45, 7) is 1.95. The predicted molar refractivity (Wildman–Crippen MR) is 61.4 cm³/mol. The van der Waals surface area contributed by atoms with E-state index in [1.54, 1.807) is 13.0 Å². The van der Waals surface area contributed by atoms with E-state index >= 15 is 0 Å². The van der Waals surface area contributed by atoms with Gasteiger partial charge in [0.05, 0.1) is 5.60 Å². The van der Waals surface area contributed by atoms with Gasteiger partial charge in [0.25, 0.3) is 0 Å². The third kappa shape index (κ3) is 4.64. The maximum atomic E-state index is 12.8. The molecule has 4 heteroatoms. The average molecular weight is 229 g/mol. The Hall–Kier alpha value is -0.580. The lowest BCUT2D eigenvalue weighted by Crippen LogP contribution is -2.34. The highest BCUT2D eigenvalue weighted by Crippen LogP contribution is 2.22. The zero-order valence-corrected chi connectivity index (χ0v) is 9.56. The molecule has 1 atom stereocenters. The van der Waals surface area contributed by atoms with Crippen LogP contribution in [-0.2, 0) is 0 Å². The van der Waals surface area contributed by atoms with E-state index in [1.807, 2.05) is 6.07 Å². The Morgan fingerprint density at radius 2 is 2.27 bits per heavy atom. The fourth-order valence-corrected chi connectivity index (χ4v) is 2.20. The van der Waals surface area contributed by atoms with Crippen LogP contribution in [0.25, 0.3) is 0 Å². The second kappa shape index (κ2) is 5.49. The topological polar surface area (TPSA) is 46.2 Å². The molecule has 0 aliphatic carbocycles. The molecule has 1 aromatic rings. The maximum absolute atomic E-state index is 12.8. The van der Waals surface area contributed by atoms with Gasteiger partial charge in [-0.15, -0.1) is 11.8 Å². The van der Waals surface area contributed by atoms with Crippen molar-refractivity contribution in [2.75, 3.05) is 12.3 Å². The summed E-state index contributed by atoms with van der Waals surface area (Å²) in [5, 5.41) is 9.64. The minimum absolute atomic E-state index is 0.231. The molecular weight excluding hydrogens is 213 g/mol. The number of hydrogen-bond acceptors (Lipinski definition) is 3. The van der Waals surface area contributed by atoms with Crippen molar-refractivity contribution in [3.8, 4) is 0 Å². The van der Waals surface area contributed by atoms with Gasteiger partial charge in [-0.1, -0.05) is 6.07 Å². The van der Waals surface area contributed by atoms with E-state index in [2.05, 4.69) is 0 Å². The highest BCUT2D eigenvalue weighted by Gasteiger charge is 2.17. The van der Waals surface area contributed by atoms with Crippen LogP contribution in [0.2, 0.25) is 0 Å². The van der Waals surface area contributed by atoms with Gasteiger partial charge in [0.1, 0.15) is 5.82 Å². The first-order valence-corrected chi connectivity index (χ1v) is 5.83. The van der Waals surface area contributed by atoms with E-state index in [0.717, 1.165) is 10.6 Å². The Labute approximate surface area is 93.7 Å². The fourth-order valence-electron chi connectivity index (χ4n) is 1.05. The van der Waals surface area contributed by atoms with E-state index in [4.69, 9.17) is 5.73 Å². The number of aliphatic hydroxyl groups is 1. The van der Waals surface area contributed by atoms with Crippen molar-refractivity contribution in [3.63, 3.8) is 0 Å². The molecule has 0 aliphatic heterocycles. The number of benzene rings is 1. The zero-order valence-electron chi connectivity index (χ0n) is 8.74. The molecule has 0 aromatic heterocycles. The van der Waals surface area contributed by atoms with Crippen LogP contribution in [0.3, 0.4) is 0 Å². The first kappa shape index (κ1) is 12.5. The van der Waals surface area contributed by atoms with E-state index in [-0.39, 0.29) is 12.4 Å². The van der Waals surface area contributed by atoms with Crippen molar-refractivity contribution in [1.29, 1.82) is 0 Å². The van der Waals surface area contributed by atoms with Crippen LogP contribution in [0, 0.1) is 5.82 Å². The van der Waals surface area contributed by atoms with Crippen molar-refractivity contribution >= 4 is 11.8 Å². The summed E-state index contributed by atoms with van der Waals surface area (Å²) < 4.78 is 12.8. The van der Waals surface area contributed by atoms with E-state index < -0.39 is 5.60 Å². The smallest absolute Gasteiger partial charge is 0.124 e. The molecule has 0 spiro atoms. The molecule has 0 saturated carbocycles. The predicted octanol–water partition coefficient (Wildman–Crippen LogP) is 2.02. The summed E-state index contributed by atoms with van der Waals surface area (Å²) in [5.74, 6) is 0.499. The van der Waals surface area contributed by atoms with E-state index in [1.165, 1.54) is 23.9 Å². The Morgan fingerprint density at radius 1 is 1.53 bits per heavy atom. The highest BCUT2D eigenvalue weighted by molar-refractivity contribution is 7.99. The lowest BCUT2D eigenvalue weighted by Gasteiger charge is -2.20. The summed E-state index contributed by atoms with van der Waals surface area (Å²) in [5.41, 5.74) is 4.57. The molecule has 84 valence electrons. The average Bonchev–Trinajstić information content (AvgIpc) is 2.18. The molecule has 1 unspecified atom stereocenters. The molecule has 0 bridgehead atoms. The fraction of sp³-hybridized carbons (Fsp3) is 0.455. The largest absolute Gasteiger partial charge is 0.389 e. The van der Waals surface area contributed by atoms with Gasteiger partial charge in [-0.3, -0.25) is 0 Å². The molecule has 1 rings (SSSR count). The highest BCUT2D eigenvalue weighted by atomic mass is 32.2. The minimum atomic E-state index is -0.819. The summed E-state index contributed by atoms with van der Waals surface area (Å²) in [7, 11) is 0. The summed E-state index contributed by atoms with van der Waals surface area (Å²) in [6, 6.07) is 6.44. The van der Waals surface area contributed by atoms with Crippen molar-refractivity contribution in [1.82, 2.24) is 0 Å². The summed E-state index contributed by atoms with van der Waals surface area (Å²) in [4.78, 5) is 0.878. The van der Waals surface area contributed by atoms with Crippen LogP contribution < -0.4 is 5.73 Å². The number of rotatable bonds is 5. The second-order valence-corrected chi connectivity index (χ2v) is 4.93. The van der Waals surface area contributed by atoms with Gasteiger partial charge in [-0.25, -0.2) is 4.39 Å². The lowest BCUT2D eigenvalue weighted by molar-refractivity contribution is 0.0665. The van der Waals surface area contributed by atoms with Crippen LogP contribution in [0.1, 0.15) is 13.3 Å². The molecule has 0 heterocycles. The van der Waals surface area contributed by atoms with Crippen LogP contribution >= 0.6 is 11.8 Å². The molecule has 0 amide bonds. The van der Waals surface area contributed by atoms with Crippen LogP contribution in [-0.4, -0.2) is 23.0 Å². The molecule has 0 radical (unpaired) electrons. The molecular formula is C11H16FNOS. The van der Waals surface area contributed by atoms with Crippen LogP contribution in [0.5, 0.6) is 0 Å². The molecule has 1 aromatic carbocycles. The lowest BCUT2D eigenvalue weighted by atomic mass is 10.1. The normalized spacial score (nSPS) is 14.9. The molecule has 0 saturated heterocycles. The number of hydrogen-bond donors (Lipinski definition) is 2. The van der Waals surface area contributed by atoms with Gasteiger partial charge in [0.2, 0.25) is 0 Å². The maximum Gasteiger partial charge on any atom is 0.124 e. The monoisotopic (exact) mass is 229 g/mol. The second-order valence-electron chi connectivity index (χ2n) is 3.76. The molecule has 2 nitrogen and oxygen atoms in total. The first-order valence-electron chi connectivity index (χ1n) is 4.84. The zero-order chi connectivity index (χ0) is 11.3. The molecule has 0 aliphatic rings. The summed E-state index contributed by atoms with van der Waals surface area (Å²) >= 11 is 1.52. The molecule has 15 heavy (non-hydrogen) atoms. The number of thioether (sulfide) groups is 1. The van der Waals surface area contributed by atoms with Gasteiger partial charge in [0, 0.05) is 17.2 Å². The molecule has 3 N–H and O–H groups in total. The number of nitrogens with two attached hydrogens (primary N) is 1. The Balaban J connectivity index is 2.38. The third-order valence-corrected chi connectivity index (χ3v) is 3.14. The van der Waals surface area contributed by atoms with Crippen molar-refractivity contribution < 1.29 is 9.50 Å². The molecule has 0 fully saturated rings. The first-order chi connectivity index (χ1) is 7.03. The quantitative estimate of drug-likeness (QED) is 0.759. The number of halogens is 1. The van der Waals surface area contributed by atoms with Crippen LogP contribution in [0.15, 0.2) is 29.2 Å². The third-order valence-electron chi connectivity index (χ3n) is 2.15. The van der Waals surface area contributed by atoms with E-state index in [9.17, 15) is 9.50 Å². The van der Waals surface area contributed by atoms with E-state index in [0.29, 0.717) is 6.42 Å². The van der Waals surface area contributed by atoms with Gasteiger partial charge in [-0.05, 0) is 31.5 Å². The Morgan fingerprint density at radius 3 is 2.87 bits per heavy atom. The SMILES string of the molecule is CC(O)(CN)CCSc1cccc(F)c1. The van der Waals surface area contributed by atoms with Crippen molar-refractivity contribution in [3.05, 3.63) is 30.1 Å². The standard InChI is InChI=1S/C11H16FNOS/c1-11(14,8-13)5-6-15-10-4-2-3-9(12)7-10/h2-4,7,14H,5-6,8,13H2,1H3. The van der Waals surface area contributed by atoms with Crippen molar-refractivity contribution in [2.24, 2.45) is 5.73 Å². The Bertz CT molecular complexity index is 317. The van der Waals surface area contributed by atoms with Gasteiger partial charge in [0.15, 0.2) is 0 Å². The van der Waals surface area contributed by atoms with Crippen LogP contribution in [0.4, 0.5) is 4.39 Å².